The van der Waals surface area contributed by atoms with Crippen molar-refractivity contribution in [2.45, 2.75) is 0 Å². The van der Waals surface area contributed by atoms with Crippen LogP contribution >= 0.6 is 27.3 Å². The number of nitrogens with one attached hydrogen (secondary N) is 1. The molecule has 1 aromatic heterocycles. The summed E-state index contributed by atoms with van der Waals surface area (Å²) >= 11 is 4.77. The van der Waals surface area contributed by atoms with Crippen LogP contribution in [0.4, 0.5) is 9.52 Å². The van der Waals surface area contributed by atoms with Gasteiger partial charge >= 0.3 is 0 Å². The summed E-state index contributed by atoms with van der Waals surface area (Å²) in [6.07, 6.45) is 1.56. The van der Waals surface area contributed by atoms with E-state index in [1.807, 2.05) is 35.7 Å². The van der Waals surface area contributed by atoms with Gasteiger partial charge in [0.25, 0.3) is 0 Å². The summed E-state index contributed by atoms with van der Waals surface area (Å²) in [6.45, 7) is 0. The number of hydrogen-bond donors (Lipinski definition) is 1. The fourth-order valence-electron chi connectivity index (χ4n) is 2.07. The van der Waals surface area contributed by atoms with Crippen molar-refractivity contribution in [3.63, 3.8) is 0 Å². The Kier molecular flexibility index (Phi) is 5.22. The lowest BCUT2D eigenvalue weighted by molar-refractivity contribution is 0.410. The first-order valence-electron chi connectivity index (χ1n) is 7.00. The Labute approximate surface area is 151 Å². The number of hydrazone groups is 1. The van der Waals surface area contributed by atoms with Crippen LogP contribution in [0.5, 0.6) is 5.75 Å². The highest BCUT2D eigenvalue weighted by atomic mass is 79.9. The quantitative estimate of drug-likeness (QED) is 0.470. The van der Waals surface area contributed by atoms with Gasteiger partial charge in [0.15, 0.2) is 0 Å². The van der Waals surface area contributed by atoms with Crippen LogP contribution in [-0.4, -0.2) is 18.3 Å². The molecule has 0 aliphatic heterocycles. The molecule has 1 heterocycles. The number of rotatable bonds is 5. The standard InChI is InChI=1S/C17H13BrFN3OS/c1-23-16-8-12(19)7-14(18)13(16)9-20-22-17-21-15(10-24-17)11-5-3-2-4-6-11/h2-10H,1H3,(H,21,22). The van der Waals surface area contributed by atoms with E-state index in [0.29, 0.717) is 20.9 Å². The lowest BCUT2D eigenvalue weighted by Crippen LogP contribution is -1.96. The Hall–Kier alpha value is -2.25. The summed E-state index contributed by atoms with van der Waals surface area (Å²) in [5.41, 5.74) is 5.47. The molecule has 3 aromatic rings. The van der Waals surface area contributed by atoms with Crippen LogP contribution in [0.15, 0.2) is 57.4 Å². The second-order valence-corrected chi connectivity index (χ2v) is 6.49. The zero-order chi connectivity index (χ0) is 16.9. The summed E-state index contributed by atoms with van der Waals surface area (Å²) in [7, 11) is 1.49. The van der Waals surface area contributed by atoms with E-state index in [1.54, 1.807) is 6.21 Å². The monoisotopic (exact) mass is 405 g/mol. The van der Waals surface area contributed by atoms with E-state index < -0.39 is 0 Å². The van der Waals surface area contributed by atoms with Crippen LogP contribution in [-0.2, 0) is 0 Å². The molecule has 1 N–H and O–H groups in total. The van der Waals surface area contributed by atoms with Crippen molar-refractivity contribution in [1.82, 2.24) is 4.98 Å². The fourth-order valence-corrected chi connectivity index (χ4v) is 3.26. The van der Waals surface area contributed by atoms with Crippen LogP contribution in [0, 0.1) is 5.82 Å². The number of thiazole rings is 1. The van der Waals surface area contributed by atoms with E-state index in [-0.39, 0.29) is 5.82 Å². The van der Waals surface area contributed by atoms with Crippen molar-refractivity contribution in [2.24, 2.45) is 5.10 Å². The van der Waals surface area contributed by atoms with Crippen LogP contribution in [0.3, 0.4) is 0 Å². The van der Waals surface area contributed by atoms with Crippen LogP contribution in [0.1, 0.15) is 5.56 Å². The Morgan fingerprint density at radius 1 is 1.29 bits per heavy atom. The van der Waals surface area contributed by atoms with Gasteiger partial charge in [0.2, 0.25) is 5.13 Å². The van der Waals surface area contributed by atoms with Crippen molar-refractivity contribution >= 4 is 38.6 Å². The van der Waals surface area contributed by atoms with Gasteiger partial charge in [-0.3, -0.25) is 5.43 Å². The third-order valence-electron chi connectivity index (χ3n) is 3.20. The number of halogens is 2. The Morgan fingerprint density at radius 3 is 2.83 bits per heavy atom. The number of nitrogens with zero attached hydrogens (tertiary/aromatic N) is 2. The molecule has 0 amide bonds. The van der Waals surface area contributed by atoms with Gasteiger partial charge in [-0.15, -0.1) is 11.3 Å². The first-order valence-corrected chi connectivity index (χ1v) is 8.67. The maximum absolute atomic E-state index is 13.4. The molecule has 4 nitrogen and oxygen atoms in total. The topological polar surface area (TPSA) is 46.5 Å². The predicted octanol–water partition coefficient (Wildman–Crippen LogP) is 5.17. The minimum atomic E-state index is -0.378. The number of anilines is 1. The van der Waals surface area contributed by atoms with Crippen molar-refractivity contribution in [2.75, 3.05) is 12.5 Å². The van der Waals surface area contributed by atoms with Gasteiger partial charge in [-0.1, -0.05) is 30.3 Å². The van der Waals surface area contributed by atoms with Crippen molar-refractivity contribution in [1.29, 1.82) is 0 Å². The van der Waals surface area contributed by atoms with Crippen LogP contribution in [0.25, 0.3) is 11.3 Å². The Bertz CT molecular complexity index is 868. The normalized spacial score (nSPS) is 11.0. The average Bonchev–Trinajstić information content (AvgIpc) is 3.06. The van der Waals surface area contributed by atoms with Gasteiger partial charge in [-0.25, -0.2) is 9.37 Å². The average molecular weight is 406 g/mol. The zero-order valence-corrected chi connectivity index (χ0v) is 15.1. The molecule has 24 heavy (non-hydrogen) atoms. The highest BCUT2D eigenvalue weighted by Gasteiger charge is 2.08. The lowest BCUT2D eigenvalue weighted by atomic mass is 10.2. The van der Waals surface area contributed by atoms with E-state index >= 15 is 0 Å². The molecule has 0 spiro atoms. The van der Waals surface area contributed by atoms with Crippen molar-refractivity contribution < 1.29 is 9.13 Å². The SMILES string of the molecule is COc1cc(F)cc(Br)c1C=NNc1nc(-c2ccccc2)cs1. The molecule has 0 unspecified atom stereocenters. The zero-order valence-electron chi connectivity index (χ0n) is 12.7. The molecule has 3 rings (SSSR count). The summed E-state index contributed by atoms with van der Waals surface area (Å²) in [5, 5.41) is 6.79. The lowest BCUT2D eigenvalue weighted by Gasteiger charge is -2.06. The smallest absolute Gasteiger partial charge is 0.203 e. The largest absolute Gasteiger partial charge is 0.496 e. The maximum Gasteiger partial charge on any atom is 0.203 e. The third kappa shape index (κ3) is 3.80. The van der Waals surface area contributed by atoms with E-state index in [0.717, 1.165) is 11.3 Å². The minimum absolute atomic E-state index is 0.378. The molecule has 0 fully saturated rings. The first kappa shape index (κ1) is 16.6. The number of methoxy groups -OCH3 is 1. The van der Waals surface area contributed by atoms with Gasteiger partial charge in [-0.05, 0) is 22.0 Å². The molecule has 0 aliphatic rings. The molecule has 2 aromatic carbocycles. The van der Waals surface area contributed by atoms with Crippen LogP contribution in [0.2, 0.25) is 0 Å². The number of ether oxygens (including phenoxy) is 1. The third-order valence-corrected chi connectivity index (χ3v) is 4.61. The number of aromatic nitrogens is 1. The molecule has 7 heteroatoms. The van der Waals surface area contributed by atoms with Crippen LogP contribution < -0.4 is 10.2 Å². The highest BCUT2D eigenvalue weighted by molar-refractivity contribution is 9.10. The molecule has 0 radical (unpaired) electrons. The van der Waals surface area contributed by atoms with Gasteiger partial charge in [0.1, 0.15) is 11.6 Å². The summed E-state index contributed by atoms with van der Waals surface area (Å²) in [4.78, 5) is 4.48. The van der Waals surface area contributed by atoms with E-state index in [9.17, 15) is 4.39 Å². The second kappa shape index (κ2) is 7.55. The predicted molar refractivity (Wildman–Crippen MR) is 99.4 cm³/mol. The van der Waals surface area contributed by atoms with Crippen molar-refractivity contribution in [3.8, 4) is 17.0 Å². The molecule has 0 atom stereocenters. The summed E-state index contributed by atoms with van der Waals surface area (Å²) in [5.74, 6) is 0.0211. The maximum atomic E-state index is 13.4. The molecule has 0 bridgehead atoms. The van der Waals surface area contributed by atoms with E-state index in [4.69, 9.17) is 4.74 Å². The highest BCUT2D eigenvalue weighted by Crippen LogP contribution is 2.27. The second-order valence-electron chi connectivity index (χ2n) is 4.78. The van der Waals surface area contributed by atoms with Gasteiger partial charge < -0.3 is 4.74 Å². The molecule has 0 saturated carbocycles. The fraction of sp³-hybridized carbons (Fsp3) is 0.0588. The molecule has 122 valence electrons. The molecular formula is C17H13BrFN3OS. The molecular weight excluding hydrogens is 393 g/mol. The number of benzene rings is 2. The van der Waals surface area contributed by atoms with Gasteiger partial charge in [-0.2, -0.15) is 5.10 Å². The Balaban J connectivity index is 1.75. The van der Waals surface area contributed by atoms with Crippen molar-refractivity contribution in [3.05, 3.63) is 63.7 Å². The summed E-state index contributed by atoms with van der Waals surface area (Å²) in [6, 6.07) is 12.6. The first-order chi connectivity index (χ1) is 11.7. The van der Waals surface area contributed by atoms with Gasteiger partial charge in [0.05, 0.1) is 24.6 Å². The van der Waals surface area contributed by atoms with E-state index in [2.05, 4.69) is 31.4 Å². The minimum Gasteiger partial charge on any atom is -0.496 e. The number of hydrogen-bond acceptors (Lipinski definition) is 5. The molecule has 0 saturated heterocycles. The van der Waals surface area contributed by atoms with E-state index in [1.165, 1.54) is 30.6 Å². The Morgan fingerprint density at radius 2 is 2.08 bits per heavy atom. The van der Waals surface area contributed by atoms with Gasteiger partial charge in [0, 0.05) is 21.5 Å². The molecule has 0 aliphatic carbocycles. The summed E-state index contributed by atoms with van der Waals surface area (Å²) < 4.78 is 19.1.